The van der Waals surface area contributed by atoms with Gasteiger partial charge in [0.05, 0.1) is 17.6 Å². The summed E-state index contributed by atoms with van der Waals surface area (Å²) in [7, 11) is 1.65. The number of carbonyl (C=O) groups excluding carboxylic acids is 1. The molecule has 6 heteroatoms. The molecule has 2 heterocycles. The molecular formula is C20H26N2O4. The molecule has 0 radical (unpaired) electrons. The summed E-state index contributed by atoms with van der Waals surface area (Å²) in [5.74, 6) is -0.938. The maximum Gasteiger partial charge on any atom is 0.311 e. The van der Waals surface area contributed by atoms with Gasteiger partial charge in [-0.25, -0.2) is 0 Å². The highest BCUT2D eigenvalue weighted by Crippen LogP contribution is 2.39. The number of carboxylic acid groups (broad SMARTS) is 1. The molecule has 1 aliphatic rings. The van der Waals surface area contributed by atoms with Crippen LogP contribution in [0.4, 0.5) is 0 Å². The molecule has 1 aliphatic heterocycles. The van der Waals surface area contributed by atoms with Crippen LogP contribution in [0.2, 0.25) is 0 Å². The van der Waals surface area contributed by atoms with Gasteiger partial charge in [-0.15, -0.1) is 0 Å². The number of carbonyl (C=O) groups is 2. The molecule has 0 saturated carbocycles. The monoisotopic (exact) mass is 358 g/mol. The maximum absolute atomic E-state index is 13.2. The zero-order valence-corrected chi connectivity index (χ0v) is 15.6. The molecule has 1 atom stereocenters. The van der Waals surface area contributed by atoms with Crippen molar-refractivity contribution in [1.29, 1.82) is 0 Å². The minimum Gasteiger partial charge on any atom is -0.481 e. The Morgan fingerprint density at radius 1 is 1.31 bits per heavy atom. The number of fused-ring (bicyclic) bond motifs is 1. The fourth-order valence-electron chi connectivity index (χ4n) is 3.86. The highest BCUT2D eigenvalue weighted by molar-refractivity contribution is 6.07. The number of likely N-dealkylation sites (tertiary alicyclic amines) is 1. The number of aliphatic carboxylic acids is 1. The molecule has 1 amide bonds. The van der Waals surface area contributed by atoms with E-state index in [9.17, 15) is 14.7 Å². The standard InChI is InChI=1S/C20H26N2O4/c1-14(2)20(19(24)25)8-9-22(13-20)18(23)16-12-21(10-11-26-3)17-7-5-4-6-15(16)17/h4-7,12,14H,8-11,13H2,1-3H3,(H,24,25). The number of rotatable bonds is 6. The second kappa shape index (κ2) is 7.11. The van der Waals surface area contributed by atoms with E-state index in [-0.39, 0.29) is 18.4 Å². The molecule has 1 aromatic carbocycles. The average Bonchev–Trinajstić information content (AvgIpc) is 3.23. The molecule has 0 spiro atoms. The van der Waals surface area contributed by atoms with Gasteiger partial charge in [-0.3, -0.25) is 9.59 Å². The van der Waals surface area contributed by atoms with Gasteiger partial charge in [0, 0.05) is 43.8 Å². The van der Waals surface area contributed by atoms with Gasteiger partial charge in [-0.05, 0) is 18.4 Å². The van der Waals surface area contributed by atoms with Crippen molar-refractivity contribution in [2.24, 2.45) is 11.3 Å². The fourth-order valence-corrected chi connectivity index (χ4v) is 3.86. The van der Waals surface area contributed by atoms with Crippen LogP contribution in [0.3, 0.4) is 0 Å². The molecule has 3 rings (SSSR count). The minimum absolute atomic E-state index is 0.0270. The van der Waals surface area contributed by atoms with Crippen LogP contribution in [0.15, 0.2) is 30.5 Å². The highest BCUT2D eigenvalue weighted by Gasteiger charge is 2.48. The van der Waals surface area contributed by atoms with E-state index in [4.69, 9.17) is 4.74 Å². The molecule has 2 aromatic rings. The normalized spacial score (nSPS) is 20.2. The van der Waals surface area contributed by atoms with Crippen molar-refractivity contribution < 1.29 is 19.4 Å². The number of methoxy groups -OCH3 is 1. The summed E-state index contributed by atoms with van der Waals surface area (Å²) in [4.78, 5) is 26.7. The summed E-state index contributed by atoms with van der Waals surface area (Å²) in [6.45, 7) is 5.79. The van der Waals surface area contributed by atoms with Gasteiger partial charge in [0.15, 0.2) is 0 Å². The topological polar surface area (TPSA) is 71.8 Å². The SMILES string of the molecule is COCCn1cc(C(=O)N2CCC(C(=O)O)(C(C)C)C2)c2ccccc21. The zero-order valence-electron chi connectivity index (χ0n) is 15.6. The maximum atomic E-state index is 13.2. The number of hydrogen-bond acceptors (Lipinski definition) is 3. The molecule has 140 valence electrons. The number of carboxylic acids is 1. The molecule has 0 aliphatic carbocycles. The Balaban J connectivity index is 1.93. The van der Waals surface area contributed by atoms with Crippen LogP contribution >= 0.6 is 0 Å². The van der Waals surface area contributed by atoms with E-state index in [1.807, 2.05) is 48.9 Å². The summed E-state index contributed by atoms with van der Waals surface area (Å²) < 4.78 is 7.19. The third kappa shape index (κ3) is 2.98. The Hall–Kier alpha value is -2.34. The van der Waals surface area contributed by atoms with Gasteiger partial charge in [-0.2, -0.15) is 0 Å². The van der Waals surface area contributed by atoms with Gasteiger partial charge in [0.1, 0.15) is 0 Å². The largest absolute Gasteiger partial charge is 0.481 e. The second-order valence-corrected chi connectivity index (χ2v) is 7.34. The van der Waals surface area contributed by atoms with Crippen LogP contribution in [0.25, 0.3) is 10.9 Å². The Morgan fingerprint density at radius 3 is 2.65 bits per heavy atom. The van der Waals surface area contributed by atoms with Gasteiger partial charge < -0.3 is 19.3 Å². The Bertz CT molecular complexity index is 826. The van der Waals surface area contributed by atoms with Crippen LogP contribution in [0, 0.1) is 11.3 Å². The lowest BCUT2D eigenvalue weighted by atomic mass is 9.76. The minimum atomic E-state index is -0.857. The van der Waals surface area contributed by atoms with Crippen LogP contribution in [-0.4, -0.2) is 53.3 Å². The van der Waals surface area contributed by atoms with Crippen molar-refractivity contribution in [1.82, 2.24) is 9.47 Å². The van der Waals surface area contributed by atoms with Crippen LogP contribution in [0.1, 0.15) is 30.6 Å². The molecule has 1 N–H and O–H groups in total. The molecule has 1 fully saturated rings. The Morgan fingerprint density at radius 2 is 2.04 bits per heavy atom. The van der Waals surface area contributed by atoms with Gasteiger partial charge in [0.2, 0.25) is 0 Å². The van der Waals surface area contributed by atoms with E-state index in [0.717, 1.165) is 10.9 Å². The molecule has 1 saturated heterocycles. The molecule has 1 unspecified atom stereocenters. The van der Waals surface area contributed by atoms with E-state index >= 15 is 0 Å². The van der Waals surface area contributed by atoms with Crippen LogP contribution in [-0.2, 0) is 16.1 Å². The van der Waals surface area contributed by atoms with E-state index in [1.165, 1.54) is 0 Å². The highest BCUT2D eigenvalue weighted by atomic mass is 16.5. The molecule has 1 aromatic heterocycles. The molecule has 0 bridgehead atoms. The lowest BCUT2D eigenvalue weighted by molar-refractivity contribution is -0.150. The lowest BCUT2D eigenvalue weighted by Crippen LogP contribution is -2.40. The zero-order chi connectivity index (χ0) is 18.9. The Labute approximate surface area is 153 Å². The molecule has 6 nitrogen and oxygen atoms in total. The van der Waals surface area contributed by atoms with E-state index < -0.39 is 11.4 Å². The van der Waals surface area contributed by atoms with E-state index in [1.54, 1.807) is 12.0 Å². The number of hydrogen-bond donors (Lipinski definition) is 1. The van der Waals surface area contributed by atoms with E-state index in [2.05, 4.69) is 0 Å². The molecule has 26 heavy (non-hydrogen) atoms. The first kappa shape index (κ1) is 18.5. The van der Waals surface area contributed by atoms with Crippen molar-refractivity contribution in [2.45, 2.75) is 26.8 Å². The lowest BCUT2D eigenvalue weighted by Gasteiger charge is -2.28. The summed E-state index contributed by atoms with van der Waals surface area (Å²) in [6.07, 6.45) is 2.36. The number of ether oxygens (including phenoxy) is 1. The first-order valence-corrected chi connectivity index (χ1v) is 9.00. The van der Waals surface area contributed by atoms with Crippen molar-refractivity contribution >= 4 is 22.8 Å². The predicted molar refractivity (Wildman–Crippen MR) is 99.2 cm³/mol. The Kier molecular flexibility index (Phi) is 5.05. The first-order valence-electron chi connectivity index (χ1n) is 9.00. The smallest absolute Gasteiger partial charge is 0.311 e. The second-order valence-electron chi connectivity index (χ2n) is 7.34. The summed E-state index contributed by atoms with van der Waals surface area (Å²) in [6, 6.07) is 7.79. The van der Waals surface area contributed by atoms with Gasteiger partial charge in [0.25, 0.3) is 5.91 Å². The summed E-state index contributed by atoms with van der Waals surface area (Å²) >= 11 is 0. The van der Waals surface area contributed by atoms with Gasteiger partial charge >= 0.3 is 5.97 Å². The van der Waals surface area contributed by atoms with Crippen molar-refractivity contribution in [3.05, 3.63) is 36.0 Å². The van der Waals surface area contributed by atoms with Crippen molar-refractivity contribution in [2.75, 3.05) is 26.8 Å². The number of benzene rings is 1. The third-order valence-electron chi connectivity index (χ3n) is 5.67. The summed E-state index contributed by atoms with van der Waals surface area (Å²) in [5, 5.41) is 10.6. The summed E-state index contributed by atoms with van der Waals surface area (Å²) in [5.41, 5.74) is 0.756. The number of aromatic nitrogens is 1. The average molecular weight is 358 g/mol. The van der Waals surface area contributed by atoms with E-state index in [0.29, 0.717) is 31.7 Å². The van der Waals surface area contributed by atoms with Crippen LogP contribution in [0.5, 0.6) is 0 Å². The van der Waals surface area contributed by atoms with Crippen molar-refractivity contribution in [3.8, 4) is 0 Å². The van der Waals surface area contributed by atoms with Crippen LogP contribution < -0.4 is 0 Å². The van der Waals surface area contributed by atoms with Gasteiger partial charge in [-0.1, -0.05) is 32.0 Å². The quantitative estimate of drug-likeness (QED) is 0.862. The first-order chi connectivity index (χ1) is 12.4. The number of para-hydroxylation sites is 1. The number of amides is 1. The predicted octanol–water partition coefficient (Wildman–Crippen LogP) is 2.86. The van der Waals surface area contributed by atoms with Crippen molar-refractivity contribution in [3.63, 3.8) is 0 Å². The number of nitrogens with zero attached hydrogens (tertiary/aromatic N) is 2. The third-order valence-corrected chi connectivity index (χ3v) is 5.67. The fraction of sp³-hybridized carbons (Fsp3) is 0.500. The molecular weight excluding hydrogens is 332 g/mol.